The number of alkyl halides is 3. The van der Waals surface area contributed by atoms with Crippen molar-refractivity contribution in [1.82, 2.24) is 15.5 Å². The minimum atomic E-state index is -4.39. The Morgan fingerprint density at radius 3 is 2.46 bits per heavy atom. The fourth-order valence-corrected chi connectivity index (χ4v) is 3.27. The van der Waals surface area contributed by atoms with Gasteiger partial charge in [0.05, 0.1) is 11.6 Å². The van der Waals surface area contributed by atoms with Gasteiger partial charge in [0.1, 0.15) is 0 Å². The molecule has 0 unspecified atom stereocenters. The third-order valence-electron chi connectivity index (χ3n) is 4.61. The summed E-state index contributed by atoms with van der Waals surface area (Å²) in [5.74, 6) is 0.621. The van der Waals surface area contributed by atoms with E-state index in [9.17, 15) is 18.0 Å². The first-order chi connectivity index (χ1) is 12.1. The van der Waals surface area contributed by atoms with Gasteiger partial charge in [-0.2, -0.15) is 13.2 Å². The zero-order chi connectivity index (χ0) is 19.3. The lowest BCUT2D eigenvalue weighted by Gasteiger charge is -2.33. The maximum atomic E-state index is 12.8. The third-order valence-corrected chi connectivity index (χ3v) is 4.61. The second-order valence-corrected chi connectivity index (χ2v) is 7.43. The average Bonchev–Trinajstić information content (AvgIpc) is 2.55. The summed E-state index contributed by atoms with van der Waals surface area (Å²) in [6, 6.07) is 4.32. The minimum Gasteiger partial charge on any atom is -0.335 e. The fraction of sp³-hybridized carbons (Fsp3) is 0.632. The van der Waals surface area contributed by atoms with Crippen LogP contribution in [0.3, 0.4) is 0 Å². The molecule has 0 saturated carbocycles. The van der Waals surface area contributed by atoms with Crippen molar-refractivity contribution in [2.24, 2.45) is 5.92 Å². The number of carbonyl (C=O) groups is 1. The van der Waals surface area contributed by atoms with E-state index in [-0.39, 0.29) is 12.1 Å². The molecular weight excluding hydrogens is 343 g/mol. The molecule has 1 heterocycles. The molecule has 26 heavy (non-hydrogen) atoms. The molecule has 0 aromatic heterocycles. The normalized spacial score (nSPS) is 18.0. The van der Waals surface area contributed by atoms with E-state index in [1.54, 1.807) is 13.0 Å². The van der Waals surface area contributed by atoms with E-state index in [0.717, 1.165) is 44.6 Å². The molecule has 1 fully saturated rings. The largest absolute Gasteiger partial charge is 0.416 e. The van der Waals surface area contributed by atoms with E-state index in [2.05, 4.69) is 29.4 Å². The average molecular weight is 371 g/mol. The fourth-order valence-electron chi connectivity index (χ4n) is 3.27. The number of hydrogen-bond donors (Lipinski definition) is 2. The summed E-state index contributed by atoms with van der Waals surface area (Å²) in [6.45, 7) is 9.02. The quantitative estimate of drug-likeness (QED) is 0.815. The Kier molecular flexibility index (Phi) is 6.92. The lowest BCUT2D eigenvalue weighted by Crippen LogP contribution is -2.48. The summed E-state index contributed by atoms with van der Waals surface area (Å²) in [5.41, 5.74) is -0.275. The molecule has 0 bridgehead atoms. The van der Waals surface area contributed by atoms with Crippen molar-refractivity contribution in [2.45, 2.75) is 51.9 Å². The molecule has 1 saturated heterocycles. The summed E-state index contributed by atoms with van der Waals surface area (Å²) in [6.07, 6.45) is -2.61. The number of likely N-dealkylation sites (tertiary alicyclic amines) is 1. The van der Waals surface area contributed by atoms with Crippen molar-refractivity contribution in [3.63, 3.8) is 0 Å². The predicted octanol–water partition coefficient (Wildman–Crippen LogP) is 4.19. The van der Waals surface area contributed by atoms with Crippen LogP contribution in [-0.4, -0.2) is 36.6 Å². The molecule has 4 nitrogen and oxygen atoms in total. The zero-order valence-electron chi connectivity index (χ0n) is 15.6. The molecule has 2 rings (SSSR count). The van der Waals surface area contributed by atoms with Crippen LogP contribution in [0.5, 0.6) is 0 Å². The molecule has 1 aliphatic rings. The number of rotatable bonds is 5. The van der Waals surface area contributed by atoms with E-state index >= 15 is 0 Å². The summed E-state index contributed by atoms with van der Waals surface area (Å²) < 4.78 is 38.4. The first-order valence-corrected chi connectivity index (χ1v) is 9.11. The van der Waals surface area contributed by atoms with Crippen molar-refractivity contribution >= 4 is 6.03 Å². The lowest BCUT2D eigenvalue weighted by atomic mass is 10.0. The van der Waals surface area contributed by atoms with Gasteiger partial charge in [-0.15, -0.1) is 0 Å². The number of nitrogens with zero attached hydrogens (tertiary/aromatic N) is 1. The second-order valence-electron chi connectivity index (χ2n) is 7.43. The van der Waals surface area contributed by atoms with E-state index in [4.69, 9.17) is 0 Å². The predicted molar refractivity (Wildman–Crippen MR) is 95.8 cm³/mol. The maximum Gasteiger partial charge on any atom is 0.416 e. The standard InChI is InChI=1S/C19H28F3N3O/c1-13(2)12-25-9-7-17(8-10-25)24-18(26)23-14(3)15-5-4-6-16(11-15)19(20,21)22/h4-6,11,13-14,17H,7-10,12H2,1-3H3,(H2,23,24,26)/t14-/m1/s1. The minimum absolute atomic E-state index is 0.104. The van der Waals surface area contributed by atoms with Gasteiger partial charge in [0.15, 0.2) is 0 Å². The number of halogens is 3. The van der Waals surface area contributed by atoms with Crippen LogP contribution in [0.15, 0.2) is 24.3 Å². The molecular formula is C19H28F3N3O. The van der Waals surface area contributed by atoms with Crippen molar-refractivity contribution < 1.29 is 18.0 Å². The summed E-state index contributed by atoms with van der Waals surface area (Å²) in [4.78, 5) is 14.6. The highest BCUT2D eigenvalue weighted by atomic mass is 19.4. The highest BCUT2D eigenvalue weighted by Gasteiger charge is 2.31. The molecule has 1 aromatic carbocycles. The molecule has 0 aliphatic carbocycles. The van der Waals surface area contributed by atoms with Crippen molar-refractivity contribution in [3.05, 3.63) is 35.4 Å². The molecule has 146 valence electrons. The molecule has 2 N–H and O–H groups in total. The van der Waals surface area contributed by atoms with Crippen LogP contribution in [0, 0.1) is 5.92 Å². The molecule has 1 aromatic rings. The van der Waals surface area contributed by atoms with Crippen molar-refractivity contribution in [1.29, 1.82) is 0 Å². The topological polar surface area (TPSA) is 44.4 Å². The van der Waals surface area contributed by atoms with E-state index in [0.29, 0.717) is 11.5 Å². The van der Waals surface area contributed by atoms with Gasteiger partial charge in [0.25, 0.3) is 0 Å². The van der Waals surface area contributed by atoms with Crippen LogP contribution in [-0.2, 0) is 6.18 Å². The van der Waals surface area contributed by atoms with Gasteiger partial charge in [-0.3, -0.25) is 0 Å². The molecule has 1 atom stereocenters. The lowest BCUT2D eigenvalue weighted by molar-refractivity contribution is -0.137. The summed E-state index contributed by atoms with van der Waals surface area (Å²) in [5, 5.41) is 5.67. The Balaban J connectivity index is 1.83. The molecule has 7 heteroatoms. The Labute approximate surface area is 153 Å². The van der Waals surface area contributed by atoms with E-state index < -0.39 is 17.8 Å². The molecule has 0 spiro atoms. The SMILES string of the molecule is CC(C)CN1CCC(NC(=O)N[C@H](C)c2cccc(C(F)(F)F)c2)CC1. The van der Waals surface area contributed by atoms with Crippen molar-refractivity contribution in [3.8, 4) is 0 Å². The first-order valence-electron chi connectivity index (χ1n) is 9.11. The van der Waals surface area contributed by atoms with Crippen LogP contribution in [0.1, 0.15) is 50.8 Å². The van der Waals surface area contributed by atoms with Gasteiger partial charge < -0.3 is 15.5 Å². The summed E-state index contributed by atoms with van der Waals surface area (Å²) >= 11 is 0. The van der Waals surface area contributed by atoms with Crippen LogP contribution >= 0.6 is 0 Å². The van der Waals surface area contributed by atoms with Gasteiger partial charge in [-0.25, -0.2) is 4.79 Å². The Bertz CT molecular complexity index is 596. The number of carbonyl (C=O) groups excluding carboxylic acids is 1. The maximum absolute atomic E-state index is 12.8. The van der Waals surface area contributed by atoms with Gasteiger partial charge in [-0.1, -0.05) is 26.0 Å². The Morgan fingerprint density at radius 2 is 1.88 bits per heavy atom. The second kappa shape index (κ2) is 8.75. The monoisotopic (exact) mass is 371 g/mol. The van der Waals surface area contributed by atoms with Crippen LogP contribution in [0.2, 0.25) is 0 Å². The Hall–Kier alpha value is -1.76. The number of amides is 2. The first kappa shape index (κ1) is 20.6. The summed E-state index contributed by atoms with van der Waals surface area (Å²) in [7, 11) is 0. The van der Waals surface area contributed by atoms with Gasteiger partial charge >= 0.3 is 12.2 Å². The number of benzene rings is 1. The van der Waals surface area contributed by atoms with Crippen LogP contribution < -0.4 is 10.6 Å². The highest BCUT2D eigenvalue weighted by Crippen LogP contribution is 2.30. The van der Waals surface area contributed by atoms with Crippen LogP contribution in [0.4, 0.5) is 18.0 Å². The Morgan fingerprint density at radius 1 is 1.23 bits per heavy atom. The van der Waals surface area contributed by atoms with Crippen LogP contribution in [0.25, 0.3) is 0 Å². The number of piperidine rings is 1. The smallest absolute Gasteiger partial charge is 0.335 e. The molecule has 0 radical (unpaired) electrons. The van der Waals surface area contributed by atoms with Gasteiger partial charge in [-0.05, 0) is 43.4 Å². The number of nitrogens with one attached hydrogen (secondary N) is 2. The third kappa shape index (κ3) is 6.20. The van der Waals surface area contributed by atoms with Crippen molar-refractivity contribution in [2.75, 3.05) is 19.6 Å². The van der Waals surface area contributed by atoms with Gasteiger partial charge in [0, 0.05) is 25.7 Å². The number of urea groups is 1. The van der Waals surface area contributed by atoms with Gasteiger partial charge in [0.2, 0.25) is 0 Å². The van der Waals surface area contributed by atoms with E-state index in [1.807, 2.05) is 0 Å². The molecule has 2 amide bonds. The number of hydrogen-bond acceptors (Lipinski definition) is 2. The molecule has 1 aliphatic heterocycles. The van der Waals surface area contributed by atoms with E-state index in [1.165, 1.54) is 6.07 Å². The zero-order valence-corrected chi connectivity index (χ0v) is 15.6. The highest BCUT2D eigenvalue weighted by molar-refractivity contribution is 5.74.